The molecule has 0 N–H and O–H groups in total. The molecule has 1 aromatic heterocycles. The standard InChI is InChI=1S/C22H25FN2O3S/c1-3-4-5-13-28-17-9-6-8-16(15-17)21(26)24-22-25(12-14-27-2)20-18(23)10-7-11-19(20)29-22/h6-11,15H,3-5,12-14H2,1-2H3. The Bertz CT molecular complexity index is 1040. The summed E-state index contributed by atoms with van der Waals surface area (Å²) >= 11 is 1.28. The number of amides is 1. The van der Waals surface area contributed by atoms with Crippen LogP contribution in [0, 0.1) is 5.82 Å². The van der Waals surface area contributed by atoms with E-state index >= 15 is 0 Å². The van der Waals surface area contributed by atoms with Crippen LogP contribution in [0.25, 0.3) is 10.2 Å². The van der Waals surface area contributed by atoms with Crippen molar-refractivity contribution < 1.29 is 18.7 Å². The Balaban J connectivity index is 1.90. The summed E-state index contributed by atoms with van der Waals surface area (Å²) in [7, 11) is 1.58. The molecule has 0 radical (unpaired) electrons. The van der Waals surface area contributed by atoms with Gasteiger partial charge in [-0.1, -0.05) is 43.2 Å². The minimum Gasteiger partial charge on any atom is -0.494 e. The first-order chi connectivity index (χ1) is 14.1. The number of aromatic nitrogens is 1. The minimum atomic E-state index is -0.387. The van der Waals surface area contributed by atoms with Gasteiger partial charge >= 0.3 is 0 Å². The van der Waals surface area contributed by atoms with E-state index in [1.54, 1.807) is 35.9 Å². The van der Waals surface area contributed by atoms with Crippen LogP contribution in [0.2, 0.25) is 0 Å². The molecule has 1 heterocycles. The zero-order valence-corrected chi connectivity index (χ0v) is 17.5. The number of benzene rings is 2. The van der Waals surface area contributed by atoms with Gasteiger partial charge in [-0.05, 0) is 36.8 Å². The lowest BCUT2D eigenvalue weighted by atomic mass is 10.2. The molecule has 1 amide bonds. The highest BCUT2D eigenvalue weighted by molar-refractivity contribution is 7.16. The number of rotatable bonds is 9. The SMILES string of the molecule is CCCCCOc1cccc(C(=O)N=c2sc3cccc(F)c3n2CCOC)c1. The zero-order valence-electron chi connectivity index (χ0n) is 16.7. The highest BCUT2D eigenvalue weighted by atomic mass is 32.1. The molecule has 0 unspecified atom stereocenters. The smallest absolute Gasteiger partial charge is 0.279 e. The van der Waals surface area contributed by atoms with E-state index < -0.39 is 0 Å². The molecular formula is C22H25FN2O3S. The molecule has 0 bridgehead atoms. The molecule has 3 aromatic rings. The molecule has 154 valence electrons. The van der Waals surface area contributed by atoms with Gasteiger partial charge in [-0.25, -0.2) is 4.39 Å². The van der Waals surface area contributed by atoms with E-state index in [0.717, 1.165) is 24.0 Å². The number of unbranched alkanes of at least 4 members (excludes halogenated alkanes) is 2. The van der Waals surface area contributed by atoms with Crippen LogP contribution in [0.3, 0.4) is 0 Å². The molecule has 3 rings (SSSR count). The summed E-state index contributed by atoms with van der Waals surface area (Å²) in [5.74, 6) is -0.0786. The Hall–Kier alpha value is -2.51. The monoisotopic (exact) mass is 416 g/mol. The fraction of sp³-hybridized carbons (Fsp3) is 0.364. The number of thiazole rings is 1. The number of carbonyl (C=O) groups is 1. The maximum Gasteiger partial charge on any atom is 0.279 e. The van der Waals surface area contributed by atoms with Crippen molar-refractivity contribution >= 4 is 27.5 Å². The summed E-state index contributed by atoms with van der Waals surface area (Å²) in [6.45, 7) is 3.56. The van der Waals surface area contributed by atoms with Crippen molar-refractivity contribution in [2.45, 2.75) is 32.7 Å². The number of ether oxygens (including phenoxy) is 2. The number of carbonyl (C=O) groups excluding carboxylic acids is 1. The third-order valence-corrected chi connectivity index (χ3v) is 5.51. The molecule has 5 nitrogen and oxygen atoms in total. The van der Waals surface area contributed by atoms with Crippen LogP contribution < -0.4 is 9.54 Å². The van der Waals surface area contributed by atoms with E-state index in [4.69, 9.17) is 9.47 Å². The van der Waals surface area contributed by atoms with Crippen LogP contribution in [0.15, 0.2) is 47.5 Å². The Morgan fingerprint density at radius 1 is 1.17 bits per heavy atom. The number of hydrogen-bond donors (Lipinski definition) is 0. The average molecular weight is 417 g/mol. The van der Waals surface area contributed by atoms with Gasteiger partial charge in [0, 0.05) is 19.2 Å². The lowest BCUT2D eigenvalue weighted by Gasteiger charge is -2.07. The highest BCUT2D eigenvalue weighted by Gasteiger charge is 2.13. The molecule has 0 spiro atoms. The third kappa shape index (κ3) is 5.31. The van der Waals surface area contributed by atoms with Gasteiger partial charge in [0.1, 0.15) is 11.6 Å². The Morgan fingerprint density at radius 2 is 2.00 bits per heavy atom. The summed E-state index contributed by atoms with van der Waals surface area (Å²) in [5, 5.41) is 0. The molecule has 0 aliphatic carbocycles. The second kappa shape index (κ2) is 10.3. The van der Waals surface area contributed by atoms with E-state index in [1.807, 2.05) is 12.1 Å². The quantitative estimate of drug-likeness (QED) is 0.471. The third-order valence-electron chi connectivity index (χ3n) is 4.47. The molecule has 0 fully saturated rings. The van der Waals surface area contributed by atoms with E-state index in [9.17, 15) is 9.18 Å². The summed E-state index contributed by atoms with van der Waals surface area (Å²) in [4.78, 5) is 17.5. The second-order valence-corrected chi connectivity index (χ2v) is 7.63. The van der Waals surface area contributed by atoms with Crippen LogP contribution in [0.5, 0.6) is 5.75 Å². The molecule has 2 aromatic carbocycles. The van der Waals surface area contributed by atoms with Gasteiger partial charge in [-0.2, -0.15) is 4.99 Å². The Kier molecular flexibility index (Phi) is 7.55. The van der Waals surface area contributed by atoms with Crippen molar-refractivity contribution in [3.63, 3.8) is 0 Å². The van der Waals surface area contributed by atoms with Crippen LogP contribution in [0.4, 0.5) is 4.39 Å². The number of methoxy groups -OCH3 is 1. The van der Waals surface area contributed by atoms with Gasteiger partial charge in [0.15, 0.2) is 4.80 Å². The number of nitrogens with zero attached hydrogens (tertiary/aromatic N) is 2. The van der Waals surface area contributed by atoms with Gasteiger partial charge < -0.3 is 14.0 Å². The molecule has 0 saturated carbocycles. The fourth-order valence-corrected chi connectivity index (χ4v) is 4.04. The van der Waals surface area contributed by atoms with E-state index in [-0.39, 0.29) is 11.7 Å². The Labute approximate surface area is 173 Å². The van der Waals surface area contributed by atoms with Crippen LogP contribution >= 0.6 is 11.3 Å². The van der Waals surface area contributed by atoms with E-state index in [1.165, 1.54) is 17.4 Å². The molecular weight excluding hydrogens is 391 g/mol. The normalized spacial score (nSPS) is 11.9. The molecule has 0 atom stereocenters. The first-order valence-electron chi connectivity index (χ1n) is 9.72. The molecule has 29 heavy (non-hydrogen) atoms. The summed E-state index contributed by atoms with van der Waals surface area (Å²) in [6.07, 6.45) is 3.21. The number of hydrogen-bond acceptors (Lipinski definition) is 4. The lowest BCUT2D eigenvalue weighted by molar-refractivity contribution is 0.0997. The predicted molar refractivity (Wildman–Crippen MR) is 113 cm³/mol. The van der Waals surface area contributed by atoms with Crippen molar-refractivity contribution in [3.05, 3.63) is 58.6 Å². The van der Waals surface area contributed by atoms with Crippen LogP contribution in [0.1, 0.15) is 36.5 Å². The summed E-state index contributed by atoms with van der Waals surface area (Å²) in [6, 6.07) is 11.9. The zero-order chi connectivity index (χ0) is 20.6. The lowest BCUT2D eigenvalue weighted by Crippen LogP contribution is -2.19. The average Bonchev–Trinajstić information content (AvgIpc) is 3.08. The number of para-hydroxylation sites is 1. The van der Waals surface area contributed by atoms with E-state index in [2.05, 4.69) is 11.9 Å². The maximum absolute atomic E-state index is 14.4. The van der Waals surface area contributed by atoms with Crippen LogP contribution in [-0.4, -0.2) is 30.8 Å². The van der Waals surface area contributed by atoms with Gasteiger partial charge in [0.25, 0.3) is 5.91 Å². The molecule has 0 aliphatic heterocycles. The van der Waals surface area contributed by atoms with Gasteiger partial charge in [0.2, 0.25) is 0 Å². The largest absolute Gasteiger partial charge is 0.494 e. The highest BCUT2D eigenvalue weighted by Crippen LogP contribution is 2.21. The topological polar surface area (TPSA) is 52.8 Å². The fourth-order valence-electron chi connectivity index (χ4n) is 2.97. The summed E-state index contributed by atoms with van der Waals surface area (Å²) < 4.78 is 27.7. The first-order valence-corrected chi connectivity index (χ1v) is 10.5. The molecule has 0 saturated heterocycles. The number of halogens is 1. The Morgan fingerprint density at radius 3 is 2.79 bits per heavy atom. The second-order valence-electron chi connectivity index (χ2n) is 6.62. The van der Waals surface area contributed by atoms with Crippen molar-refractivity contribution in [2.75, 3.05) is 20.3 Å². The van der Waals surface area contributed by atoms with Crippen LogP contribution in [-0.2, 0) is 11.3 Å². The van der Waals surface area contributed by atoms with Crippen molar-refractivity contribution in [1.82, 2.24) is 4.57 Å². The minimum absolute atomic E-state index is 0.341. The van der Waals surface area contributed by atoms with Crippen molar-refractivity contribution in [2.24, 2.45) is 4.99 Å². The van der Waals surface area contributed by atoms with Gasteiger partial charge in [-0.3, -0.25) is 4.79 Å². The van der Waals surface area contributed by atoms with Gasteiger partial charge in [-0.15, -0.1) is 0 Å². The first kappa shape index (κ1) is 21.2. The van der Waals surface area contributed by atoms with E-state index in [0.29, 0.717) is 41.4 Å². The molecule has 7 heteroatoms. The molecule has 0 aliphatic rings. The number of fused-ring (bicyclic) bond motifs is 1. The maximum atomic E-state index is 14.4. The van der Waals surface area contributed by atoms with Crippen molar-refractivity contribution in [1.29, 1.82) is 0 Å². The summed E-state index contributed by atoms with van der Waals surface area (Å²) in [5.41, 5.74) is 0.878. The van der Waals surface area contributed by atoms with Crippen molar-refractivity contribution in [3.8, 4) is 5.75 Å². The van der Waals surface area contributed by atoms with Gasteiger partial charge in [0.05, 0.1) is 23.4 Å². The predicted octanol–water partition coefficient (Wildman–Crippen LogP) is 4.80.